The number of ether oxygens (including phenoxy) is 1. The van der Waals surface area contributed by atoms with Gasteiger partial charge in [-0.2, -0.15) is 0 Å². The van der Waals surface area contributed by atoms with E-state index in [4.69, 9.17) is 4.74 Å². The standard InChI is InChI=1S/C12H25NO2/c1-12(2,3)8-10-7-11(14)9-13(10)5-6-15-4/h10-11,14H,5-9H2,1-4H3. The Morgan fingerprint density at radius 3 is 2.60 bits per heavy atom. The predicted octanol–water partition coefficient (Wildman–Crippen LogP) is 1.50. The molecule has 1 rings (SSSR count). The van der Waals surface area contributed by atoms with Crippen molar-refractivity contribution in [2.24, 2.45) is 5.41 Å². The molecule has 3 nitrogen and oxygen atoms in total. The summed E-state index contributed by atoms with van der Waals surface area (Å²) < 4.78 is 5.09. The van der Waals surface area contributed by atoms with E-state index in [2.05, 4.69) is 25.7 Å². The first-order chi connectivity index (χ1) is 6.92. The lowest BCUT2D eigenvalue weighted by molar-refractivity contribution is 0.119. The Hall–Kier alpha value is -0.120. The van der Waals surface area contributed by atoms with Crippen LogP contribution in [0.15, 0.2) is 0 Å². The maximum absolute atomic E-state index is 9.68. The number of β-amino-alcohol motifs (C(OH)–C–C–N with tert-alkyl or cyclic N) is 1. The summed E-state index contributed by atoms with van der Waals surface area (Å²) in [5, 5.41) is 9.68. The Morgan fingerprint density at radius 1 is 1.40 bits per heavy atom. The molecule has 0 aromatic rings. The fourth-order valence-corrected chi connectivity index (χ4v) is 2.36. The zero-order valence-corrected chi connectivity index (χ0v) is 10.5. The topological polar surface area (TPSA) is 32.7 Å². The first kappa shape index (κ1) is 12.9. The minimum absolute atomic E-state index is 0.144. The number of hydrogen-bond acceptors (Lipinski definition) is 3. The normalized spacial score (nSPS) is 28.6. The Bertz CT molecular complexity index is 189. The number of hydrogen-bond donors (Lipinski definition) is 1. The number of rotatable bonds is 4. The van der Waals surface area contributed by atoms with Crippen LogP contribution in [0.25, 0.3) is 0 Å². The zero-order valence-electron chi connectivity index (χ0n) is 10.5. The highest BCUT2D eigenvalue weighted by molar-refractivity contribution is 4.87. The molecule has 0 aliphatic carbocycles. The van der Waals surface area contributed by atoms with Crippen LogP contribution in [-0.2, 0) is 4.74 Å². The van der Waals surface area contributed by atoms with Crippen LogP contribution in [0.4, 0.5) is 0 Å². The Balaban J connectivity index is 2.45. The van der Waals surface area contributed by atoms with Crippen LogP contribution in [0.5, 0.6) is 0 Å². The zero-order chi connectivity index (χ0) is 11.5. The van der Waals surface area contributed by atoms with E-state index in [0.717, 1.165) is 32.5 Å². The SMILES string of the molecule is COCCN1CC(O)CC1CC(C)(C)C. The van der Waals surface area contributed by atoms with Gasteiger partial charge in [-0.15, -0.1) is 0 Å². The van der Waals surface area contributed by atoms with Crippen molar-refractivity contribution in [1.29, 1.82) is 0 Å². The Labute approximate surface area is 93.4 Å². The van der Waals surface area contributed by atoms with Gasteiger partial charge in [0.05, 0.1) is 12.7 Å². The van der Waals surface area contributed by atoms with E-state index < -0.39 is 0 Å². The van der Waals surface area contributed by atoms with Gasteiger partial charge in [-0.05, 0) is 18.3 Å². The van der Waals surface area contributed by atoms with Gasteiger partial charge in [0, 0.05) is 26.2 Å². The summed E-state index contributed by atoms with van der Waals surface area (Å²) in [7, 11) is 1.73. The van der Waals surface area contributed by atoms with Gasteiger partial charge in [0.2, 0.25) is 0 Å². The lowest BCUT2D eigenvalue weighted by Crippen LogP contribution is -2.35. The van der Waals surface area contributed by atoms with Gasteiger partial charge in [-0.1, -0.05) is 20.8 Å². The minimum atomic E-state index is -0.144. The van der Waals surface area contributed by atoms with Crippen LogP contribution in [0.1, 0.15) is 33.6 Å². The van der Waals surface area contributed by atoms with Crippen LogP contribution in [-0.4, -0.2) is 49.0 Å². The molecule has 90 valence electrons. The van der Waals surface area contributed by atoms with Gasteiger partial charge in [0.25, 0.3) is 0 Å². The molecule has 1 saturated heterocycles. The van der Waals surface area contributed by atoms with Crippen LogP contribution < -0.4 is 0 Å². The molecular weight excluding hydrogens is 190 g/mol. The average molecular weight is 215 g/mol. The second kappa shape index (κ2) is 5.28. The molecule has 2 atom stereocenters. The molecule has 0 spiro atoms. The van der Waals surface area contributed by atoms with Crippen molar-refractivity contribution in [3.63, 3.8) is 0 Å². The highest BCUT2D eigenvalue weighted by Gasteiger charge is 2.32. The first-order valence-electron chi connectivity index (χ1n) is 5.83. The summed E-state index contributed by atoms with van der Waals surface area (Å²) in [4.78, 5) is 2.36. The number of methoxy groups -OCH3 is 1. The smallest absolute Gasteiger partial charge is 0.0682 e. The molecule has 1 fully saturated rings. The van der Waals surface area contributed by atoms with Gasteiger partial charge >= 0.3 is 0 Å². The van der Waals surface area contributed by atoms with E-state index >= 15 is 0 Å². The average Bonchev–Trinajstić information content (AvgIpc) is 2.39. The summed E-state index contributed by atoms with van der Waals surface area (Å²) in [5.74, 6) is 0. The number of nitrogens with zero attached hydrogens (tertiary/aromatic N) is 1. The summed E-state index contributed by atoms with van der Waals surface area (Å²) in [6, 6.07) is 0.523. The van der Waals surface area contributed by atoms with Gasteiger partial charge in [-0.3, -0.25) is 4.90 Å². The third-order valence-electron chi connectivity index (χ3n) is 2.94. The van der Waals surface area contributed by atoms with Gasteiger partial charge < -0.3 is 9.84 Å². The summed E-state index contributed by atoms with van der Waals surface area (Å²) in [6.07, 6.45) is 1.92. The molecule has 0 saturated carbocycles. The maximum atomic E-state index is 9.68. The Morgan fingerprint density at radius 2 is 2.07 bits per heavy atom. The van der Waals surface area contributed by atoms with E-state index in [1.165, 1.54) is 0 Å². The quantitative estimate of drug-likeness (QED) is 0.771. The molecule has 1 aliphatic heterocycles. The molecular formula is C12H25NO2. The van der Waals surface area contributed by atoms with E-state index in [9.17, 15) is 5.11 Å². The molecule has 0 aromatic heterocycles. The third-order valence-corrected chi connectivity index (χ3v) is 2.94. The van der Waals surface area contributed by atoms with Crippen molar-refractivity contribution < 1.29 is 9.84 Å². The monoisotopic (exact) mass is 215 g/mol. The van der Waals surface area contributed by atoms with E-state index in [1.54, 1.807) is 7.11 Å². The maximum Gasteiger partial charge on any atom is 0.0682 e. The minimum Gasteiger partial charge on any atom is -0.392 e. The molecule has 1 N–H and O–H groups in total. The summed E-state index contributed by atoms with van der Waals surface area (Å²) in [5.41, 5.74) is 0.333. The van der Waals surface area contributed by atoms with Crippen molar-refractivity contribution in [3.8, 4) is 0 Å². The highest BCUT2D eigenvalue weighted by Crippen LogP contribution is 2.29. The second-order valence-electron chi connectivity index (χ2n) is 5.80. The fourth-order valence-electron chi connectivity index (χ4n) is 2.36. The molecule has 1 heterocycles. The van der Waals surface area contributed by atoms with Crippen molar-refractivity contribution in [2.75, 3.05) is 26.8 Å². The lowest BCUT2D eigenvalue weighted by atomic mass is 9.87. The van der Waals surface area contributed by atoms with Crippen molar-refractivity contribution in [3.05, 3.63) is 0 Å². The summed E-state index contributed by atoms with van der Waals surface area (Å²) in [6.45, 7) is 9.27. The van der Waals surface area contributed by atoms with Crippen molar-refractivity contribution >= 4 is 0 Å². The van der Waals surface area contributed by atoms with E-state index in [-0.39, 0.29) is 6.10 Å². The Kier molecular flexibility index (Phi) is 4.56. The number of likely N-dealkylation sites (tertiary alicyclic amines) is 1. The lowest BCUT2D eigenvalue weighted by Gasteiger charge is -2.29. The molecule has 0 radical (unpaired) electrons. The fraction of sp³-hybridized carbons (Fsp3) is 1.00. The third kappa shape index (κ3) is 4.49. The first-order valence-corrected chi connectivity index (χ1v) is 5.83. The van der Waals surface area contributed by atoms with Crippen LogP contribution in [0.3, 0.4) is 0 Å². The van der Waals surface area contributed by atoms with E-state index in [0.29, 0.717) is 11.5 Å². The van der Waals surface area contributed by atoms with E-state index in [1.807, 2.05) is 0 Å². The van der Waals surface area contributed by atoms with Gasteiger partial charge in [0.1, 0.15) is 0 Å². The van der Waals surface area contributed by atoms with Crippen LogP contribution in [0, 0.1) is 5.41 Å². The molecule has 15 heavy (non-hydrogen) atoms. The number of aliphatic hydroxyl groups excluding tert-OH is 1. The molecule has 1 aliphatic rings. The molecule has 3 heteroatoms. The number of aliphatic hydroxyl groups is 1. The van der Waals surface area contributed by atoms with Crippen LogP contribution >= 0.6 is 0 Å². The summed E-state index contributed by atoms with van der Waals surface area (Å²) >= 11 is 0. The molecule has 0 bridgehead atoms. The second-order valence-corrected chi connectivity index (χ2v) is 5.80. The predicted molar refractivity (Wildman–Crippen MR) is 61.9 cm³/mol. The highest BCUT2D eigenvalue weighted by atomic mass is 16.5. The van der Waals surface area contributed by atoms with Gasteiger partial charge in [0.15, 0.2) is 0 Å². The van der Waals surface area contributed by atoms with Gasteiger partial charge in [-0.25, -0.2) is 0 Å². The van der Waals surface area contributed by atoms with Crippen molar-refractivity contribution in [2.45, 2.75) is 45.8 Å². The van der Waals surface area contributed by atoms with Crippen LogP contribution in [0.2, 0.25) is 0 Å². The van der Waals surface area contributed by atoms with Crippen molar-refractivity contribution in [1.82, 2.24) is 4.90 Å². The molecule has 2 unspecified atom stereocenters. The largest absolute Gasteiger partial charge is 0.392 e. The molecule has 0 amide bonds. The molecule has 0 aromatic carbocycles.